The Morgan fingerprint density at radius 3 is 3.05 bits per heavy atom. The van der Waals surface area contributed by atoms with Gasteiger partial charge in [0.05, 0.1) is 12.3 Å². The maximum Gasteiger partial charge on any atom is 0.256 e. The number of carbonyl (C=O) groups excluding carboxylic acids is 1. The number of morpholine rings is 1. The summed E-state index contributed by atoms with van der Waals surface area (Å²) < 4.78 is 5.44. The van der Waals surface area contributed by atoms with E-state index in [1.807, 2.05) is 5.38 Å². The molecule has 5 nitrogen and oxygen atoms in total. The number of benzene rings is 1. The highest BCUT2D eigenvalue weighted by Crippen LogP contribution is 2.28. The van der Waals surface area contributed by atoms with Crippen LogP contribution in [0.15, 0.2) is 23.6 Å². The molecule has 1 unspecified atom stereocenters. The number of carbonyl (C=O) groups is 1. The number of ether oxygens (including phenoxy) is 1. The number of nitrogens with one attached hydrogen (secondary N) is 2. The molecule has 2 aromatic rings. The van der Waals surface area contributed by atoms with Gasteiger partial charge >= 0.3 is 0 Å². The molecule has 1 aromatic carbocycles. The van der Waals surface area contributed by atoms with Crippen molar-refractivity contribution in [3.05, 3.63) is 34.7 Å². The number of rotatable bonds is 3. The van der Waals surface area contributed by atoms with Crippen molar-refractivity contribution in [1.82, 2.24) is 10.3 Å². The highest BCUT2D eigenvalue weighted by atomic mass is 32.1. The topological polar surface area (TPSA) is 63.2 Å². The molecule has 6 heteroatoms. The standard InChI is InChI=1S/C16H19N3O2S/c1-10-3-4-12(11(2)7-10)13-9-22-16(18-13)19-15(20)14-8-17-5-6-21-14/h3-4,7,9,14,17H,5-6,8H2,1-2H3,(H,18,19,20). The molecule has 0 saturated carbocycles. The monoisotopic (exact) mass is 317 g/mol. The number of anilines is 1. The number of hydrogen-bond donors (Lipinski definition) is 2. The van der Waals surface area contributed by atoms with E-state index in [-0.39, 0.29) is 5.91 Å². The highest BCUT2D eigenvalue weighted by molar-refractivity contribution is 7.14. The van der Waals surface area contributed by atoms with Crippen LogP contribution >= 0.6 is 11.3 Å². The van der Waals surface area contributed by atoms with E-state index in [0.29, 0.717) is 18.3 Å². The van der Waals surface area contributed by atoms with Crippen LogP contribution in [0.25, 0.3) is 11.3 Å². The summed E-state index contributed by atoms with van der Waals surface area (Å²) in [5.41, 5.74) is 4.40. The maximum atomic E-state index is 12.1. The molecule has 2 heterocycles. The zero-order valence-electron chi connectivity index (χ0n) is 12.7. The van der Waals surface area contributed by atoms with Gasteiger partial charge in [0.25, 0.3) is 5.91 Å². The van der Waals surface area contributed by atoms with E-state index in [4.69, 9.17) is 4.74 Å². The van der Waals surface area contributed by atoms with E-state index < -0.39 is 6.10 Å². The van der Waals surface area contributed by atoms with Crippen molar-refractivity contribution in [2.75, 3.05) is 25.0 Å². The van der Waals surface area contributed by atoms with Crippen molar-refractivity contribution in [2.24, 2.45) is 0 Å². The normalized spacial score (nSPS) is 18.2. The maximum absolute atomic E-state index is 12.1. The van der Waals surface area contributed by atoms with Gasteiger partial charge in [-0.05, 0) is 19.4 Å². The molecule has 1 amide bonds. The SMILES string of the molecule is Cc1ccc(-c2csc(NC(=O)C3CNCCO3)n2)c(C)c1. The van der Waals surface area contributed by atoms with E-state index in [0.717, 1.165) is 17.8 Å². The highest BCUT2D eigenvalue weighted by Gasteiger charge is 2.22. The van der Waals surface area contributed by atoms with Gasteiger partial charge in [-0.15, -0.1) is 11.3 Å². The van der Waals surface area contributed by atoms with E-state index in [1.54, 1.807) is 0 Å². The predicted octanol–water partition coefficient (Wildman–Crippen LogP) is 2.35. The summed E-state index contributed by atoms with van der Waals surface area (Å²) in [5.74, 6) is -0.145. The second kappa shape index (κ2) is 6.56. The Kier molecular flexibility index (Phi) is 4.52. The minimum absolute atomic E-state index is 0.145. The minimum Gasteiger partial charge on any atom is -0.366 e. The number of thiazole rings is 1. The quantitative estimate of drug-likeness (QED) is 0.912. The number of amides is 1. The summed E-state index contributed by atoms with van der Waals surface area (Å²) in [6, 6.07) is 6.27. The lowest BCUT2D eigenvalue weighted by molar-refractivity contribution is -0.128. The van der Waals surface area contributed by atoms with E-state index in [9.17, 15) is 4.79 Å². The number of hydrogen-bond acceptors (Lipinski definition) is 5. The molecule has 116 valence electrons. The Morgan fingerprint density at radius 1 is 1.45 bits per heavy atom. The Labute approximate surface area is 133 Å². The summed E-state index contributed by atoms with van der Waals surface area (Å²) in [5, 5.41) is 8.55. The fourth-order valence-corrected chi connectivity index (χ4v) is 3.19. The molecule has 1 saturated heterocycles. The van der Waals surface area contributed by atoms with Crippen LogP contribution in [0, 0.1) is 13.8 Å². The molecular weight excluding hydrogens is 298 g/mol. The summed E-state index contributed by atoms with van der Waals surface area (Å²) >= 11 is 1.43. The number of aromatic nitrogens is 1. The molecule has 1 aromatic heterocycles. The Morgan fingerprint density at radius 2 is 2.32 bits per heavy atom. The predicted molar refractivity (Wildman–Crippen MR) is 88.3 cm³/mol. The third-order valence-corrected chi connectivity index (χ3v) is 4.37. The number of nitrogens with zero attached hydrogens (tertiary/aromatic N) is 1. The molecular formula is C16H19N3O2S. The molecule has 0 spiro atoms. The van der Waals surface area contributed by atoms with Gasteiger partial charge in [0.2, 0.25) is 0 Å². The second-order valence-electron chi connectivity index (χ2n) is 5.41. The molecule has 22 heavy (non-hydrogen) atoms. The third-order valence-electron chi connectivity index (χ3n) is 3.61. The van der Waals surface area contributed by atoms with Gasteiger partial charge in [-0.25, -0.2) is 4.98 Å². The van der Waals surface area contributed by atoms with Crippen LogP contribution < -0.4 is 10.6 Å². The van der Waals surface area contributed by atoms with Gasteiger partial charge < -0.3 is 10.1 Å². The van der Waals surface area contributed by atoms with Crippen LogP contribution in [0.2, 0.25) is 0 Å². The smallest absolute Gasteiger partial charge is 0.256 e. The first-order chi connectivity index (χ1) is 10.6. The molecule has 1 aliphatic heterocycles. The Bertz CT molecular complexity index is 678. The minimum atomic E-state index is -0.442. The first-order valence-electron chi connectivity index (χ1n) is 7.30. The summed E-state index contributed by atoms with van der Waals surface area (Å²) in [6.07, 6.45) is -0.442. The van der Waals surface area contributed by atoms with Gasteiger partial charge in [-0.3, -0.25) is 10.1 Å². The molecule has 3 rings (SSSR count). The van der Waals surface area contributed by atoms with Crippen LogP contribution in [0.5, 0.6) is 0 Å². The van der Waals surface area contributed by atoms with Gasteiger partial charge in [0.15, 0.2) is 5.13 Å². The molecule has 0 aliphatic carbocycles. The van der Waals surface area contributed by atoms with Crippen molar-refractivity contribution in [2.45, 2.75) is 20.0 Å². The molecule has 1 atom stereocenters. The van der Waals surface area contributed by atoms with Crippen LogP contribution in [-0.4, -0.2) is 36.7 Å². The van der Waals surface area contributed by atoms with Crippen molar-refractivity contribution >= 4 is 22.4 Å². The van der Waals surface area contributed by atoms with Crippen molar-refractivity contribution in [3.8, 4) is 11.3 Å². The largest absolute Gasteiger partial charge is 0.366 e. The van der Waals surface area contributed by atoms with E-state index in [2.05, 4.69) is 47.7 Å². The molecule has 0 bridgehead atoms. The van der Waals surface area contributed by atoms with Gasteiger partial charge in [-0.1, -0.05) is 23.8 Å². The van der Waals surface area contributed by atoms with Crippen molar-refractivity contribution < 1.29 is 9.53 Å². The summed E-state index contributed by atoms with van der Waals surface area (Å²) in [6.45, 7) is 6.03. The van der Waals surface area contributed by atoms with E-state index in [1.165, 1.54) is 22.5 Å². The summed E-state index contributed by atoms with van der Waals surface area (Å²) in [7, 11) is 0. The van der Waals surface area contributed by atoms with Crippen LogP contribution in [0.4, 0.5) is 5.13 Å². The summed E-state index contributed by atoms with van der Waals surface area (Å²) in [4.78, 5) is 16.6. The second-order valence-corrected chi connectivity index (χ2v) is 6.27. The lowest BCUT2D eigenvalue weighted by atomic mass is 10.0. The average molecular weight is 317 g/mol. The fraction of sp³-hybridized carbons (Fsp3) is 0.375. The first-order valence-corrected chi connectivity index (χ1v) is 8.18. The van der Waals surface area contributed by atoms with Crippen LogP contribution in [-0.2, 0) is 9.53 Å². The number of aryl methyl sites for hydroxylation is 2. The average Bonchev–Trinajstić information content (AvgIpc) is 2.96. The lowest BCUT2D eigenvalue weighted by Crippen LogP contribution is -2.45. The lowest BCUT2D eigenvalue weighted by Gasteiger charge is -2.22. The zero-order chi connectivity index (χ0) is 15.5. The van der Waals surface area contributed by atoms with Crippen LogP contribution in [0.3, 0.4) is 0 Å². The van der Waals surface area contributed by atoms with Gasteiger partial charge in [0, 0.05) is 24.0 Å². The molecule has 2 N–H and O–H groups in total. The third kappa shape index (κ3) is 3.35. The van der Waals surface area contributed by atoms with E-state index >= 15 is 0 Å². The fourth-order valence-electron chi connectivity index (χ4n) is 2.48. The van der Waals surface area contributed by atoms with Crippen molar-refractivity contribution in [3.63, 3.8) is 0 Å². The Balaban J connectivity index is 1.72. The van der Waals surface area contributed by atoms with Crippen molar-refractivity contribution in [1.29, 1.82) is 0 Å². The zero-order valence-corrected chi connectivity index (χ0v) is 13.5. The molecule has 0 radical (unpaired) electrons. The molecule has 1 aliphatic rings. The first kappa shape index (κ1) is 15.1. The Hall–Kier alpha value is -1.76. The van der Waals surface area contributed by atoms with Crippen LogP contribution in [0.1, 0.15) is 11.1 Å². The van der Waals surface area contributed by atoms with Gasteiger partial charge in [-0.2, -0.15) is 0 Å². The molecule has 1 fully saturated rings. The van der Waals surface area contributed by atoms with Gasteiger partial charge in [0.1, 0.15) is 6.10 Å².